The summed E-state index contributed by atoms with van der Waals surface area (Å²) in [7, 11) is 1.68. The third-order valence-electron chi connectivity index (χ3n) is 3.34. The summed E-state index contributed by atoms with van der Waals surface area (Å²) in [6.07, 6.45) is 1.73. The van der Waals surface area contributed by atoms with Crippen molar-refractivity contribution in [2.24, 2.45) is 5.73 Å². The quantitative estimate of drug-likeness (QED) is 0.831. The van der Waals surface area contributed by atoms with E-state index in [9.17, 15) is 0 Å². The van der Waals surface area contributed by atoms with Crippen LogP contribution in [0.5, 0.6) is 5.75 Å². The van der Waals surface area contributed by atoms with E-state index < -0.39 is 0 Å². The molecular formula is C17H20ClNOS. The minimum atomic E-state index is 0.134. The normalized spacial score (nSPS) is 12.2. The molecule has 4 heteroatoms. The Hall–Kier alpha value is -1.16. The van der Waals surface area contributed by atoms with E-state index in [1.54, 1.807) is 18.9 Å². The molecular weight excluding hydrogens is 302 g/mol. The molecule has 0 saturated carbocycles. The van der Waals surface area contributed by atoms with Crippen molar-refractivity contribution >= 4 is 23.4 Å². The topological polar surface area (TPSA) is 35.2 Å². The Bertz CT molecular complexity index is 603. The molecule has 112 valence electrons. The van der Waals surface area contributed by atoms with E-state index >= 15 is 0 Å². The predicted octanol–water partition coefficient (Wildman–Crippen LogP) is 4.78. The maximum Gasteiger partial charge on any atom is 0.119 e. The number of hydrogen-bond acceptors (Lipinski definition) is 3. The highest BCUT2D eigenvalue weighted by atomic mass is 35.5. The second-order valence-electron chi connectivity index (χ2n) is 4.87. The molecule has 2 N–H and O–H groups in total. The van der Waals surface area contributed by atoms with Gasteiger partial charge in [-0.15, -0.1) is 0 Å². The van der Waals surface area contributed by atoms with Crippen LogP contribution < -0.4 is 10.5 Å². The predicted molar refractivity (Wildman–Crippen MR) is 90.5 cm³/mol. The largest absolute Gasteiger partial charge is 0.497 e. The van der Waals surface area contributed by atoms with Gasteiger partial charge in [0.15, 0.2) is 0 Å². The number of rotatable bonds is 6. The molecule has 0 spiro atoms. The molecule has 0 aliphatic heterocycles. The number of benzene rings is 2. The first kappa shape index (κ1) is 16.2. The Morgan fingerprint density at radius 1 is 1.24 bits per heavy atom. The Morgan fingerprint density at radius 2 is 2.00 bits per heavy atom. The van der Waals surface area contributed by atoms with Crippen molar-refractivity contribution in [2.45, 2.75) is 35.6 Å². The summed E-state index contributed by atoms with van der Waals surface area (Å²) in [6, 6.07) is 14.1. The third-order valence-corrected chi connectivity index (χ3v) is 4.78. The standard InChI is InChI=1S/C17H20ClNOS/c1-3-12(19)10-15-16(18)8-5-9-17(15)21-14-7-4-6-13(11-14)20-2/h4-9,11-12H,3,10,19H2,1-2H3. The van der Waals surface area contributed by atoms with E-state index in [1.807, 2.05) is 30.3 Å². The summed E-state index contributed by atoms with van der Waals surface area (Å²) in [6.45, 7) is 2.09. The molecule has 0 fully saturated rings. The molecule has 1 unspecified atom stereocenters. The van der Waals surface area contributed by atoms with Gasteiger partial charge in [0.1, 0.15) is 5.75 Å². The Kier molecular flexibility index (Phi) is 5.97. The first-order chi connectivity index (χ1) is 10.1. The van der Waals surface area contributed by atoms with E-state index in [2.05, 4.69) is 19.1 Å². The first-order valence-corrected chi connectivity index (χ1v) is 8.18. The lowest BCUT2D eigenvalue weighted by Gasteiger charge is -2.15. The van der Waals surface area contributed by atoms with Gasteiger partial charge in [-0.1, -0.05) is 42.4 Å². The zero-order valence-corrected chi connectivity index (χ0v) is 13.9. The third kappa shape index (κ3) is 4.40. The fourth-order valence-corrected chi connectivity index (χ4v) is 3.38. The first-order valence-electron chi connectivity index (χ1n) is 6.99. The maximum absolute atomic E-state index is 6.36. The average molecular weight is 322 g/mol. The van der Waals surface area contributed by atoms with Gasteiger partial charge in [-0.2, -0.15) is 0 Å². The van der Waals surface area contributed by atoms with Crippen LogP contribution in [0.4, 0.5) is 0 Å². The monoisotopic (exact) mass is 321 g/mol. The summed E-state index contributed by atoms with van der Waals surface area (Å²) in [5, 5.41) is 0.784. The summed E-state index contributed by atoms with van der Waals surface area (Å²) < 4.78 is 5.27. The molecule has 0 aliphatic rings. The minimum absolute atomic E-state index is 0.134. The van der Waals surface area contributed by atoms with Gasteiger partial charge in [0.2, 0.25) is 0 Å². The zero-order chi connectivity index (χ0) is 15.2. The van der Waals surface area contributed by atoms with Crippen LogP contribution in [-0.2, 0) is 6.42 Å². The van der Waals surface area contributed by atoms with Crippen LogP contribution >= 0.6 is 23.4 Å². The van der Waals surface area contributed by atoms with Gasteiger partial charge < -0.3 is 10.5 Å². The highest BCUT2D eigenvalue weighted by molar-refractivity contribution is 7.99. The van der Waals surface area contributed by atoms with Gasteiger partial charge >= 0.3 is 0 Å². The smallest absolute Gasteiger partial charge is 0.119 e. The van der Waals surface area contributed by atoms with Crippen molar-refractivity contribution in [2.75, 3.05) is 7.11 Å². The van der Waals surface area contributed by atoms with Gasteiger partial charge in [-0.3, -0.25) is 0 Å². The van der Waals surface area contributed by atoms with Gasteiger partial charge in [0, 0.05) is 20.9 Å². The average Bonchev–Trinajstić information content (AvgIpc) is 2.50. The lowest BCUT2D eigenvalue weighted by atomic mass is 10.0. The Labute approximate surface area is 135 Å². The van der Waals surface area contributed by atoms with Crippen LogP contribution in [0, 0.1) is 0 Å². The number of nitrogens with two attached hydrogens (primary N) is 1. The lowest BCUT2D eigenvalue weighted by Crippen LogP contribution is -2.21. The second-order valence-corrected chi connectivity index (χ2v) is 6.39. The van der Waals surface area contributed by atoms with E-state index in [0.717, 1.165) is 39.0 Å². The van der Waals surface area contributed by atoms with Gasteiger partial charge in [0.05, 0.1) is 7.11 Å². The van der Waals surface area contributed by atoms with E-state index in [4.69, 9.17) is 22.1 Å². The summed E-state index contributed by atoms with van der Waals surface area (Å²) in [5.74, 6) is 0.855. The fraction of sp³-hybridized carbons (Fsp3) is 0.294. The van der Waals surface area contributed by atoms with Crippen LogP contribution in [0.15, 0.2) is 52.3 Å². The zero-order valence-electron chi connectivity index (χ0n) is 12.3. The number of halogens is 1. The van der Waals surface area contributed by atoms with E-state index in [1.165, 1.54) is 0 Å². The highest BCUT2D eigenvalue weighted by Crippen LogP contribution is 2.35. The van der Waals surface area contributed by atoms with Crippen molar-refractivity contribution < 1.29 is 4.74 Å². The molecule has 2 aromatic carbocycles. The van der Waals surface area contributed by atoms with Gasteiger partial charge in [-0.05, 0) is 48.7 Å². The van der Waals surface area contributed by atoms with E-state index in [-0.39, 0.29) is 6.04 Å². The fourth-order valence-electron chi connectivity index (χ4n) is 2.03. The summed E-state index contributed by atoms with van der Waals surface area (Å²) in [5.41, 5.74) is 7.22. The van der Waals surface area contributed by atoms with Crippen molar-refractivity contribution in [1.29, 1.82) is 0 Å². The number of ether oxygens (including phenoxy) is 1. The molecule has 0 radical (unpaired) electrons. The van der Waals surface area contributed by atoms with Crippen LogP contribution in [0.2, 0.25) is 5.02 Å². The van der Waals surface area contributed by atoms with Crippen molar-refractivity contribution in [3.05, 3.63) is 53.1 Å². The van der Waals surface area contributed by atoms with Crippen LogP contribution in [0.3, 0.4) is 0 Å². The Morgan fingerprint density at radius 3 is 2.71 bits per heavy atom. The van der Waals surface area contributed by atoms with Crippen LogP contribution in [-0.4, -0.2) is 13.2 Å². The van der Waals surface area contributed by atoms with E-state index in [0.29, 0.717) is 0 Å². The SMILES string of the molecule is CCC(N)Cc1c(Cl)cccc1Sc1cccc(OC)c1. The molecule has 2 nitrogen and oxygen atoms in total. The van der Waals surface area contributed by atoms with Crippen molar-refractivity contribution in [3.8, 4) is 5.75 Å². The molecule has 21 heavy (non-hydrogen) atoms. The number of methoxy groups -OCH3 is 1. The van der Waals surface area contributed by atoms with Crippen molar-refractivity contribution in [3.63, 3.8) is 0 Å². The van der Waals surface area contributed by atoms with Gasteiger partial charge in [0.25, 0.3) is 0 Å². The summed E-state index contributed by atoms with van der Waals surface area (Å²) in [4.78, 5) is 2.28. The molecule has 2 rings (SSSR count). The highest BCUT2D eigenvalue weighted by Gasteiger charge is 2.12. The number of hydrogen-bond donors (Lipinski definition) is 1. The molecule has 2 aromatic rings. The molecule has 0 aromatic heterocycles. The molecule has 0 saturated heterocycles. The Balaban J connectivity index is 2.28. The minimum Gasteiger partial charge on any atom is -0.497 e. The maximum atomic E-state index is 6.36. The van der Waals surface area contributed by atoms with Crippen LogP contribution in [0.1, 0.15) is 18.9 Å². The molecule has 0 bridgehead atoms. The summed E-state index contributed by atoms with van der Waals surface area (Å²) >= 11 is 8.05. The van der Waals surface area contributed by atoms with Crippen LogP contribution in [0.25, 0.3) is 0 Å². The second kappa shape index (κ2) is 7.74. The molecule has 0 heterocycles. The molecule has 0 aliphatic carbocycles. The van der Waals surface area contributed by atoms with Gasteiger partial charge in [-0.25, -0.2) is 0 Å². The lowest BCUT2D eigenvalue weighted by molar-refractivity contribution is 0.413. The van der Waals surface area contributed by atoms with Crippen molar-refractivity contribution in [1.82, 2.24) is 0 Å². The molecule has 1 atom stereocenters. The molecule has 0 amide bonds.